The lowest BCUT2D eigenvalue weighted by atomic mass is 10.1. The molecule has 20 heavy (non-hydrogen) atoms. The quantitative estimate of drug-likeness (QED) is 0.761. The van der Waals surface area contributed by atoms with Gasteiger partial charge < -0.3 is 4.98 Å². The van der Waals surface area contributed by atoms with Crippen molar-refractivity contribution in [2.45, 2.75) is 10.6 Å². The van der Waals surface area contributed by atoms with Gasteiger partial charge in [-0.25, -0.2) is 13.1 Å². The maximum atomic E-state index is 12.0. The first-order chi connectivity index (χ1) is 9.67. The van der Waals surface area contributed by atoms with E-state index in [1.807, 2.05) is 30.5 Å². The standard InChI is InChI=1S/C14H14N2O2S2/c17-20(18,14-5-2-10-19-14)16-9-6-11-3-1-4-13-12(11)7-8-15-13/h1-5,7-8,10,15-16H,6,9H2. The van der Waals surface area contributed by atoms with E-state index in [9.17, 15) is 8.42 Å². The van der Waals surface area contributed by atoms with Gasteiger partial charge in [-0.3, -0.25) is 0 Å². The third-order valence-corrected chi connectivity index (χ3v) is 5.99. The van der Waals surface area contributed by atoms with Crippen LogP contribution in [0.1, 0.15) is 5.56 Å². The van der Waals surface area contributed by atoms with Gasteiger partial charge in [0.05, 0.1) is 0 Å². The number of thiophene rings is 1. The van der Waals surface area contributed by atoms with Crippen molar-refractivity contribution in [3.8, 4) is 0 Å². The van der Waals surface area contributed by atoms with Crippen molar-refractivity contribution in [3.05, 3.63) is 53.5 Å². The molecule has 0 spiro atoms. The molecule has 1 aromatic carbocycles. The summed E-state index contributed by atoms with van der Waals surface area (Å²) in [6, 6.07) is 11.4. The van der Waals surface area contributed by atoms with Crippen molar-refractivity contribution < 1.29 is 8.42 Å². The molecule has 4 nitrogen and oxygen atoms in total. The third kappa shape index (κ3) is 2.63. The number of nitrogens with one attached hydrogen (secondary N) is 2. The monoisotopic (exact) mass is 306 g/mol. The Morgan fingerprint density at radius 2 is 2.05 bits per heavy atom. The summed E-state index contributed by atoms with van der Waals surface area (Å²) in [5, 5.41) is 2.90. The Bertz CT molecular complexity index is 805. The molecule has 0 amide bonds. The molecule has 3 rings (SSSR count). The van der Waals surface area contributed by atoms with E-state index in [0.29, 0.717) is 17.2 Å². The fourth-order valence-electron chi connectivity index (χ4n) is 2.18. The van der Waals surface area contributed by atoms with Crippen molar-refractivity contribution in [2.24, 2.45) is 0 Å². The lowest BCUT2D eigenvalue weighted by molar-refractivity contribution is 0.584. The van der Waals surface area contributed by atoms with Gasteiger partial charge in [-0.2, -0.15) is 0 Å². The van der Waals surface area contributed by atoms with E-state index >= 15 is 0 Å². The molecule has 0 aliphatic carbocycles. The van der Waals surface area contributed by atoms with Crippen LogP contribution in [0.4, 0.5) is 0 Å². The van der Waals surface area contributed by atoms with Gasteiger partial charge in [0.1, 0.15) is 4.21 Å². The predicted molar refractivity (Wildman–Crippen MR) is 81.5 cm³/mol. The van der Waals surface area contributed by atoms with Gasteiger partial charge >= 0.3 is 0 Å². The van der Waals surface area contributed by atoms with Crippen LogP contribution >= 0.6 is 11.3 Å². The van der Waals surface area contributed by atoms with Gasteiger partial charge in [0.25, 0.3) is 0 Å². The topological polar surface area (TPSA) is 62.0 Å². The fourth-order valence-corrected chi connectivity index (χ4v) is 4.25. The van der Waals surface area contributed by atoms with Crippen molar-refractivity contribution in [1.82, 2.24) is 9.71 Å². The summed E-state index contributed by atoms with van der Waals surface area (Å²) < 4.78 is 27.0. The number of hydrogen-bond donors (Lipinski definition) is 2. The minimum atomic E-state index is -3.37. The van der Waals surface area contributed by atoms with Crippen LogP contribution in [-0.2, 0) is 16.4 Å². The Balaban J connectivity index is 1.70. The molecular weight excluding hydrogens is 292 g/mol. The predicted octanol–water partition coefficient (Wildman–Crippen LogP) is 2.75. The number of H-pyrrole nitrogens is 1. The summed E-state index contributed by atoms with van der Waals surface area (Å²) in [7, 11) is -3.37. The number of sulfonamides is 1. The molecule has 3 aromatic rings. The molecule has 0 bridgehead atoms. The molecule has 0 saturated heterocycles. The molecule has 0 aliphatic heterocycles. The first kappa shape index (κ1) is 13.4. The molecule has 0 saturated carbocycles. The van der Waals surface area contributed by atoms with Gasteiger partial charge in [0.2, 0.25) is 10.0 Å². The Kier molecular flexibility index (Phi) is 3.60. The van der Waals surface area contributed by atoms with Crippen molar-refractivity contribution in [1.29, 1.82) is 0 Å². The number of hydrogen-bond acceptors (Lipinski definition) is 3. The van der Waals surface area contributed by atoms with Crippen LogP contribution in [-0.4, -0.2) is 19.9 Å². The SMILES string of the molecule is O=S(=O)(NCCc1cccc2[nH]ccc12)c1cccs1. The zero-order valence-corrected chi connectivity index (χ0v) is 12.3. The molecule has 0 fully saturated rings. The number of benzene rings is 1. The lowest BCUT2D eigenvalue weighted by Gasteiger charge is -2.06. The molecule has 2 heterocycles. The zero-order chi connectivity index (χ0) is 14.0. The largest absolute Gasteiger partial charge is 0.361 e. The lowest BCUT2D eigenvalue weighted by Crippen LogP contribution is -2.25. The zero-order valence-electron chi connectivity index (χ0n) is 10.7. The minimum Gasteiger partial charge on any atom is -0.361 e. The summed E-state index contributed by atoms with van der Waals surface area (Å²) in [5.41, 5.74) is 2.21. The summed E-state index contributed by atoms with van der Waals surface area (Å²) in [4.78, 5) is 3.15. The normalized spacial score (nSPS) is 12.0. The molecular formula is C14H14N2O2S2. The fraction of sp³-hybridized carbons (Fsp3) is 0.143. The number of fused-ring (bicyclic) bond motifs is 1. The van der Waals surface area contributed by atoms with Crippen molar-refractivity contribution in [3.63, 3.8) is 0 Å². The van der Waals surface area contributed by atoms with Gasteiger partial charge in [0.15, 0.2) is 0 Å². The van der Waals surface area contributed by atoms with E-state index in [1.165, 1.54) is 11.3 Å². The van der Waals surface area contributed by atoms with Gasteiger partial charge in [-0.05, 0) is 35.6 Å². The van der Waals surface area contributed by atoms with E-state index in [-0.39, 0.29) is 0 Å². The average Bonchev–Trinajstić information content (AvgIpc) is 3.10. The first-order valence-electron chi connectivity index (χ1n) is 6.25. The summed E-state index contributed by atoms with van der Waals surface area (Å²) in [6.45, 7) is 0.393. The van der Waals surface area contributed by atoms with E-state index < -0.39 is 10.0 Å². The molecule has 2 N–H and O–H groups in total. The molecule has 0 atom stereocenters. The summed E-state index contributed by atoms with van der Waals surface area (Å²) >= 11 is 1.22. The van der Waals surface area contributed by atoms with Crippen LogP contribution in [0.5, 0.6) is 0 Å². The minimum absolute atomic E-state index is 0.359. The highest BCUT2D eigenvalue weighted by molar-refractivity contribution is 7.91. The van der Waals surface area contributed by atoms with Crippen LogP contribution in [0.15, 0.2) is 52.2 Å². The van der Waals surface area contributed by atoms with Gasteiger partial charge in [-0.15, -0.1) is 11.3 Å². The van der Waals surface area contributed by atoms with Crippen LogP contribution in [0.2, 0.25) is 0 Å². The Hall–Kier alpha value is -1.63. The molecule has 104 valence electrons. The highest BCUT2D eigenvalue weighted by atomic mass is 32.2. The molecule has 0 unspecified atom stereocenters. The van der Waals surface area contributed by atoms with E-state index in [4.69, 9.17) is 0 Å². The molecule has 0 radical (unpaired) electrons. The average molecular weight is 306 g/mol. The van der Waals surface area contributed by atoms with Crippen LogP contribution in [0.3, 0.4) is 0 Å². The van der Waals surface area contributed by atoms with Crippen LogP contribution in [0.25, 0.3) is 10.9 Å². The van der Waals surface area contributed by atoms with Crippen molar-refractivity contribution in [2.75, 3.05) is 6.54 Å². The smallest absolute Gasteiger partial charge is 0.250 e. The van der Waals surface area contributed by atoms with Gasteiger partial charge in [0, 0.05) is 23.6 Å². The van der Waals surface area contributed by atoms with Gasteiger partial charge in [-0.1, -0.05) is 18.2 Å². The van der Waals surface area contributed by atoms with E-state index in [1.54, 1.807) is 17.5 Å². The van der Waals surface area contributed by atoms with Crippen LogP contribution < -0.4 is 4.72 Å². The molecule has 0 aliphatic rings. The number of rotatable bonds is 5. The first-order valence-corrected chi connectivity index (χ1v) is 8.61. The highest BCUT2D eigenvalue weighted by Crippen LogP contribution is 2.18. The number of aromatic nitrogens is 1. The second-order valence-electron chi connectivity index (χ2n) is 4.44. The Morgan fingerprint density at radius 3 is 2.85 bits per heavy atom. The maximum absolute atomic E-state index is 12.0. The third-order valence-electron chi connectivity index (χ3n) is 3.13. The summed E-state index contributed by atoms with van der Waals surface area (Å²) in [6.07, 6.45) is 2.56. The van der Waals surface area contributed by atoms with E-state index in [2.05, 4.69) is 9.71 Å². The maximum Gasteiger partial charge on any atom is 0.250 e. The summed E-state index contributed by atoms with van der Waals surface area (Å²) in [5.74, 6) is 0. The van der Waals surface area contributed by atoms with E-state index in [0.717, 1.165) is 16.5 Å². The Morgan fingerprint density at radius 1 is 1.15 bits per heavy atom. The highest BCUT2D eigenvalue weighted by Gasteiger charge is 2.14. The van der Waals surface area contributed by atoms with Crippen molar-refractivity contribution >= 4 is 32.3 Å². The second kappa shape index (κ2) is 5.40. The van der Waals surface area contributed by atoms with Crippen LogP contribution in [0, 0.1) is 0 Å². The number of aromatic amines is 1. The second-order valence-corrected chi connectivity index (χ2v) is 7.38. The Labute approximate surface area is 121 Å². The molecule has 6 heteroatoms. The molecule has 2 aromatic heterocycles.